The van der Waals surface area contributed by atoms with Gasteiger partial charge in [0.1, 0.15) is 18.1 Å². The molecule has 4 nitrogen and oxygen atoms in total. The Morgan fingerprint density at radius 2 is 1.71 bits per heavy atom. The van der Waals surface area contributed by atoms with E-state index in [-0.39, 0.29) is 0 Å². The second-order valence-electron chi connectivity index (χ2n) is 5.89. The third-order valence-corrected chi connectivity index (χ3v) is 3.94. The first-order valence-corrected chi connectivity index (χ1v) is 7.61. The summed E-state index contributed by atoms with van der Waals surface area (Å²) in [7, 11) is 5.98. The van der Waals surface area contributed by atoms with Gasteiger partial charge in [0, 0.05) is 31.2 Å². The van der Waals surface area contributed by atoms with Crippen LogP contribution >= 0.6 is 0 Å². The van der Waals surface area contributed by atoms with Gasteiger partial charge in [-0.25, -0.2) is 0 Å². The zero-order valence-corrected chi connectivity index (χ0v) is 14.3. The second kappa shape index (κ2) is 8.90. The Bertz CT molecular complexity index is 410. The predicted molar refractivity (Wildman–Crippen MR) is 88.3 cm³/mol. The van der Waals surface area contributed by atoms with Crippen molar-refractivity contribution in [1.82, 2.24) is 9.80 Å². The molecular formula is C17H30N2O2. The molecule has 0 aliphatic rings. The number of benzene rings is 1. The van der Waals surface area contributed by atoms with Crippen LogP contribution < -0.4 is 9.47 Å². The largest absolute Gasteiger partial charge is 0.497 e. The lowest BCUT2D eigenvalue weighted by molar-refractivity contribution is 0.151. The highest BCUT2D eigenvalue weighted by Crippen LogP contribution is 2.18. The molecule has 0 saturated heterocycles. The van der Waals surface area contributed by atoms with Crippen molar-refractivity contribution in [2.45, 2.75) is 32.9 Å². The lowest BCUT2D eigenvalue weighted by atomic mass is 10.2. The summed E-state index contributed by atoms with van der Waals surface area (Å²) in [6.07, 6.45) is 0. The summed E-state index contributed by atoms with van der Waals surface area (Å²) in [4.78, 5) is 4.70. The van der Waals surface area contributed by atoms with Crippen molar-refractivity contribution in [3.63, 3.8) is 0 Å². The van der Waals surface area contributed by atoms with Crippen molar-refractivity contribution in [3.8, 4) is 11.5 Å². The molecule has 0 spiro atoms. The maximum atomic E-state index is 5.79. The van der Waals surface area contributed by atoms with Crippen LogP contribution in [0.5, 0.6) is 11.5 Å². The Kier molecular flexibility index (Phi) is 7.54. The van der Waals surface area contributed by atoms with Crippen molar-refractivity contribution in [1.29, 1.82) is 0 Å². The summed E-state index contributed by atoms with van der Waals surface area (Å²) in [5, 5.41) is 0. The first kappa shape index (κ1) is 17.8. The average molecular weight is 294 g/mol. The van der Waals surface area contributed by atoms with E-state index in [1.165, 1.54) is 0 Å². The molecule has 0 aliphatic carbocycles. The van der Waals surface area contributed by atoms with Crippen LogP contribution in [0.2, 0.25) is 0 Å². The fourth-order valence-electron chi connectivity index (χ4n) is 1.99. The van der Waals surface area contributed by atoms with Gasteiger partial charge < -0.3 is 14.4 Å². The van der Waals surface area contributed by atoms with Crippen molar-refractivity contribution < 1.29 is 9.47 Å². The molecule has 0 aromatic heterocycles. The molecule has 120 valence electrons. The molecule has 1 atom stereocenters. The first-order valence-electron chi connectivity index (χ1n) is 7.61. The van der Waals surface area contributed by atoms with Crippen LogP contribution in [0.1, 0.15) is 20.8 Å². The molecule has 1 rings (SSSR count). The number of methoxy groups -OCH3 is 1. The number of hydrogen-bond acceptors (Lipinski definition) is 4. The molecule has 0 fully saturated rings. The van der Waals surface area contributed by atoms with Crippen LogP contribution in [-0.4, -0.2) is 62.8 Å². The van der Waals surface area contributed by atoms with Gasteiger partial charge in [-0.2, -0.15) is 0 Å². The summed E-state index contributed by atoms with van der Waals surface area (Å²) in [5.74, 6) is 1.68. The van der Waals surface area contributed by atoms with E-state index in [1.54, 1.807) is 7.11 Å². The van der Waals surface area contributed by atoms with E-state index in [9.17, 15) is 0 Å². The quantitative estimate of drug-likeness (QED) is 0.699. The molecule has 0 amide bonds. The van der Waals surface area contributed by atoms with Crippen LogP contribution in [0.25, 0.3) is 0 Å². The van der Waals surface area contributed by atoms with E-state index >= 15 is 0 Å². The molecule has 0 bridgehead atoms. The molecule has 1 aromatic carbocycles. The number of rotatable bonds is 9. The highest BCUT2D eigenvalue weighted by atomic mass is 16.5. The molecule has 1 aromatic rings. The van der Waals surface area contributed by atoms with Crippen LogP contribution in [0, 0.1) is 0 Å². The van der Waals surface area contributed by atoms with E-state index < -0.39 is 0 Å². The minimum atomic E-state index is 0.506. The third-order valence-electron chi connectivity index (χ3n) is 3.94. The maximum absolute atomic E-state index is 5.79. The number of likely N-dealkylation sites (N-methyl/N-ethyl adjacent to an activating group) is 2. The zero-order chi connectivity index (χ0) is 15.8. The number of hydrogen-bond donors (Lipinski definition) is 0. The molecule has 0 radical (unpaired) electrons. The summed E-state index contributed by atoms with van der Waals surface area (Å²) < 4.78 is 11.0. The lowest BCUT2D eigenvalue weighted by Crippen LogP contribution is -2.42. The molecule has 0 aliphatic heterocycles. The molecule has 1 unspecified atom stereocenters. The summed E-state index contributed by atoms with van der Waals surface area (Å²) in [6, 6.07) is 8.82. The van der Waals surface area contributed by atoms with Crippen molar-refractivity contribution in [3.05, 3.63) is 24.3 Å². The third kappa shape index (κ3) is 6.36. The van der Waals surface area contributed by atoms with Gasteiger partial charge in [-0.3, -0.25) is 4.90 Å². The van der Waals surface area contributed by atoms with Gasteiger partial charge in [0.25, 0.3) is 0 Å². The van der Waals surface area contributed by atoms with Crippen molar-refractivity contribution in [2.24, 2.45) is 0 Å². The van der Waals surface area contributed by atoms with Gasteiger partial charge in [0.05, 0.1) is 7.11 Å². The van der Waals surface area contributed by atoms with Crippen LogP contribution in [-0.2, 0) is 0 Å². The fourth-order valence-corrected chi connectivity index (χ4v) is 1.99. The van der Waals surface area contributed by atoms with Crippen LogP contribution in [0.3, 0.4) is 0 Å². The first-order chi connectivity index (χ1) is 9.93. The molecule has 21 heavy (non-hydrogen) atoms. The van der Waals surface area contributed by atoms with E-state index in [0.717, 1.165) is 24.6 Å². The predicted octanol–water partition coefficient (Wildman–Crippen LogP) is 2.73. The van der Waals surface area contributed by atoms with E-state index in [0.29, 0.717) is 18.7 Å². The Hall–Kier alpha value is -1.26. The standard InChI is InChI=1S/C17H30N2O2/c1-14(2)19(5)13-15(3)18(4)10-11-21-17-9-7-8-16(12-17)20-6/h7-9,12,14-15H,10-11,13H2,1-6H3. The normalized spacial score (nSPS) is 13.0. The van der Waals surface area contributed by atoms with E-state index in [4.69, 9.17) is 9.47 Å². The minimum Gasteiger partial charge on any atom is -0.497 e. The van der Waals surface area contributed by atoms with E-state index in [2.05, 4.69) is 44.7 Å². The highest BCUT2D eigenvalue weighted by Gasteiger charge is 2.13. The Balaban J connectivity index is 2.33. The SMILES string of the molecule is COc1cccc(OCCN(C)C(C)CN(C)C(C)C)c1. The van der Waals surface area contributed by atoms with E-state index in [1.807, 2.05) is 24.3 Å². The molecular weight excluding hydrogens is 264 g/mol. The monoisotopic (exact) mass is 294 g/mol. The number of nitrogens with zero attached hydrogens (tertiary/aromatic N) is 2. The molecule has 0 heterocycles. The fraction of sp³-hybridized carbons (Fsp3) is 0.647. The van der Waals surface area contributed by atoms with Gasteiger partial charge in [-0.15, -0.1) is 0 Å². The van der Waals surface area contributed by atoms with Gasteiger partial charge in [-0.1, -0.05) is 6.07 Å². The van der Waals surface area contributed by atoms with Crippen molar-refractivity contribution in [2.75, 3.05) is 40.9 Å². The van der Waals surface area contributed by atoms with Crippen LogP contribution in [0.15, 0.2) is 24.3 Å². The number of ether oxygens (including phenoxy) is 2. The van der Waals surface area contributed by atoms with Gasteiger partial charge in [0.15, 0.2) is 0 Å². The Morgan fingerprint density at radius 3 is 2.33 bits per heavy atom. The second-order valence-corrected chi connectivity index (χ2v) is 5.89. The van der Waals surface area contributed by atoms with Gasteiger partial charge >= 0.3 is 0 Å². The Labute approximate surface area is 129 Å². The van der Waals surface area contributed by atoms with Crippen molar-refractivity contribution >= 4 is 0 Å². The summed E-state index contributed by atoms with van der Waals surface area (Å²) in [5.41, 5.74) is 0. The molecule has 4 heteroatoms. The van der Waals surface area contributed by atoms with Gasteiger partial charge in [-0.05, 0) is 47.0 Å². The van der Waals surface area contributed by atoms with Crippen LogP contribution in [0.4, 0.5) is 0 Å². The Morgan fingerprint density at radius 1 is 1.05 bits per heavy atom. The average Bonchev–Trinajstić information content (AvgIpc) is 2.47. The lowest BCUT2D eigenvalue weighted by Gasteiger charge is -2.30. The molecule has 0 saturated carbocycles. The minimum absolute atomic E-state index is 0.506. The zero-order valence-electron chi connectivity index (χ0n) is 14.3. The highest BCUT2D eigenvalue weighted by molar-refractivity contribution is 5.32. The van der Waals surface area contributed by atoms with Gasteiger partial charge in [0.2, 0.25) is 0 Å². The topological polar surface area (TPSA) is 24.9 Å². The smallest absolute Gasteiger partial charge is 0.123 e. The molecule has 0 N–H and O–H groups in total. The summed E-state index contributed by atoms with van der Waals surface area (Å²) >= 11 is 0. The maximum Gasteiger partial charge on any atom is 0.123 e. The summed E-state index contributed by atoms with van der Waals surface area (Å²) in [6.45, 7) is 9.35.